The van der Waals surface area contributed by atoms with E-state index in [1.165, 1.54) is 5.56 Å². The van der Waals surface area contributed by atoms with Crippen LogP contribution in [0.2, 0.25) is 0 Å². The first kappa shape index (κ1) is 15.5. The molecule has 2 aromatic carbocycles. The van der Waals surface area contributed by atoms with Crippen LogP contribution >= 0.6 is 0 Å². The van der Waals surface area contributed by atoms with Crippen LogP contribution in [0.15, 0.2) is 48.5 Å². The molecular formula is C20H23NO3. The molecule has 0 spiro atoms. The summed E-state index contributed by atoms with van der Waals surface area (Å²) in [6.07, 6.45) is 2.82. The van der Waals surface area contributed by atoms with Gasteiger partial charge in [0.1, 0.15) is 6.61 Å². The van der Waals surface area contributed by atoms with Gasteiger partial charge in [-0.2, -0.15) is 0 Å². The highest BCUT2D eigenvalue weighted by molar-refractivity contribution is 5.41. The fourth-order valence-electron chi connectivity index (χ4n) is 3.46. The van der Waals surface area contributed by atoms with Crippen LogP contribution in [0.5, 0.6) is 11.5 Å². The van der Waals surface area contributed by atoms with E-state index in [1.807, 2.05) is 24.3 Å². The summed E-state index contributed by atoms with van der Waals surface area (Å²) in [5, 5.41) is 13.3. The number of fused-ring (bicyclic) bond motifs is 1. The molecule has 4 nitrogen and oxygen atoms in total. The molecule has 126 valence electrons. The molecule has 3 atom stereocenters. The molecule has 2 N–H and O–H groups in total. The van der Waals surface area contributed by atoms with Crippen molar-refractivity contribution in [3.05, 3.63) is 59.7 Å². The average Bonchev–Trinajstić information content (AvgIpc) is 3.05. The maximum Gasteiger partial charge on any atom is 0.162 e. The Hall–Kier alpha value is -2.04. The first-order valence-corrected chi connectivity index (χ1v) is 8.68. The second-order valence-corrected chi connectivity index (χ2v) is 6.59. The summed E-state index contributed by atoms with van der Waals surface area (Å²) in [6.45, 7) is 1.32. The Balaban J connectivity index is 1.37. The third-order valence-electron chi connectivity index (χ3n) is 4.91. The lowest BCUT2D eigenvalue weighted by Gasteiger charge is -2.26. The monoisotopic (exact) mass is 325 g/mol. The lowest BCUT2D eigenvalue weighted by Crippen LogP contribution is -2.35. The predicted molar refractivity (Wildman–Crippen MR) is 92.2 cm³/mol. The van der Waals surface area contributed by atoms with Gasteiger partial charge in [0.05, 0.1) is 6.10 Å². The summed E-state index contributed by atoms with van der Waals surface area (Å²) in [6, 6.07) is 16.4. The minimum atomic E-state index is -0.197. The van der Waals surface area contributed by atoms with Crippen molar-refractivity contribution in [1.29, 1.82) is 0 Å². The third-order valence-corrected chi connectivity index (χ3v) is 4.91. The van der Waals surface area contributed by atoms with Gasteiger partial charge in [-0.05, 0) is 42.5 Å². The first-order chi connectivity index (χ1) is 11.8. The smallest absolute Gasteiger partial charge is 0.162 e. The topological polar surface area (TPSA) is 50.7 Å². The van der Waals surface area contributed by atoms with Gasteiger partial charge in [-0.15, -0.1) is 0 Å². The number of aliphatic hydroxyl groups excluding tert-OH is 1. The minimum absolute atomic E-state index is 0.0708. The molecule has 4 heteroatoms. The van der Waals surface area contributed by atoms with Crippen molar-refractivity contribution in [1.82, 2.24) is 5.32 Å². The summed E-state index contributed by atoms with van der Waals surface area (Å²) < 4.78 is 11.8. The SMILES string of the molecule is OC1CCCC1NCc1ccc([C@H]2COc3ccccc3O2)cc1. The van der Waals surface area contributed by atoms with E-state index < -0.39 is 0 Å². The summed E-state index contributed by atoms with van der Waals surface area (Å²) >= 11 is 0. The molecule has 0 aromatic heterocycles. The van der Waals surface area contributed by atoms with Gasteiger partial charge in [0.2, 0.25) is 0 Å². The number of para-hydroxylation sites is 2. The van der Waals surface area contributed by atoms with Crippen LogP contribution in [0.4, 0.5) is 0 Å². The molecule has 2 aliphatic rings. The highest BCUT2D eigenvalue weighted by Crippen LogP contribution is 2.35. The van der Waals surface area contributed by atoms with Crippen LogP contribution in [-0.2, 0) is 6.54 Å². The van der Waals surface area contributed by atoms with Gasteiger partial charge in [0.15, 0.2) is 17.6 Å². The summed E-state index contributed by atoms with van der Waals surface area (Å²) in [5.74, 6) is 1.61. The lowest BCUT2D eigenvalue weighted by molar-refractivity contribution is 0.0913. The highest BCUT2D eigenvalue weighted by Gasteiger charge is 2.24. The number of rotatable bonds is 4. The molecule has 0 radical (unpaired) electrons. The van der Waals surface area contributed by atoms with E-state index in [4.69, 9.17) is 9.47 Å². The molecule has 1 aliphatic carbocycles. The first-order valence-electron chi connectivity index (χ1n) is 8.68. The van der Waals surface area contributed by atoms with E-state index in [1.54, 1.807) is 0 Å². The van der Waals surface area contributed by atoms with Crippen molar-refractivity contribution in [3.63, 3.8) is 0 Å². The zero-order valence-electron chi connectivity index (χ0n) is 13.7. The van der Waals surface area contributed by atoms with Crippen molar-refractivity contribution < 1.29 is 14.6 Å². The second-order valence-electron chi connectivity index (χ2n) is 6.59. The van der Waals surface area contributed by atoms with Gasteiger partial charge in [-0.1, -0.05) is 36.4 Å². The molecule has 2 unspecified atom stereocenters. The molecule has 1 aliphatic heterocycles. The highest BCUT2D eigenvalue weighted by atomic mass is 16.6. The fourth-order valence-corrected chi connectivity index (χ4v) is 3.46. The van der Waals surface area contributed by atoms with E-state index in [9.17, 15) is 5.11 Å². The summed E-state index contributed by atoms with van der Waals surface area (Å²) in [5.41, 5.74) is 2.34. The molecule has 0 amide bonds. The van der Waals surface area contributed by atoms with Crippen molar-refractivity contribution in [2.75, 3.05) is 6.61 Å². The van der Waals surface area contributed by atoms with Crippen LogP contribution in [0, 0.1) is 0 Å². The number of ether oxygens (including phenoxy) is 2. The number of nitrogens with one attached hydrogen (secondary N) is 1. The third kappa shape index (κ3) is 3.25. The predicted octanol–water partition coefficient (Wildman–Crippen LogP) is 3.20. The van der Waals surface area contributed by atoms with Gasteiger partial charge in [-0.3, -0.25) is 0 Å². The summed E-state index contributed by atoms with van der Waals surface area (Å²) in [7, 11) is 0. The average molecular weight is 325 g/mol. The van der Waals surface area contributed by atoms with Crippen LogP contribution in [0.3, 0.4) is 0 Å². The molecule has 24 heavy (non-hydrogen) atoms. The quantitative estimate of drug-likeness (QED) is 0.906. The van der Waals surface area contributed by atoms with Crippen molar-refractivity contribution >= 4 is 0 Å². The van der Waals surface area contributed by atoms with Crippen molar-refractivity contribution in [3.8, 4) is 11.5 Å². The van der Waals surface area contributed by atoms with Crippen LogP contribution in [0.25, 0.3) is 0 Å². The molecule has 2 aromatic rings. The summed E-state index contributed by atoms with van der Waals surface area (Å²) in [4.78, 5) is 0. The maximum atomic E-state index is 9.87. The number of hydrogen-bond acceptors (Lipinski definition) is 4. The Morgan fingerprint density at radius 2 is 1.79 bits per heavy atom. The molecule has 1 saturated carbocycles. The second kappa shape index (κ2) is 6.83. The number of benzene rings is 2. The van der Waals surface area contributed by atoms with Gasteiger partial charge in [0, 0.05) is 12.6 Å². The van der Waals surface area contributed by atoms with E-state index in [-0.39, 0.29) is 18.2 Å². The van der Waals surface area contributed by atoms with E-state index in [0.29, 0.717) is 6.61 Å². The largest absolute Gasteiger partial charge is 0.485 e. The number of hydrogen-bond donors (Lipinski definition) is 2. The van der Waals surface area contributed by atoms with Gasteiger partial charge < -0.3 is 19.9 Å². The fraction of sp³-hybridized carbons (Fsp3) is 0.400. The van der Waals surface area contributed by atoms with Crippen LogP contribution < -0.4 is 14.8 Å². The van der Waals surface area contributed by atoms with E-state index >= 15 is 0 Å². The Morgan fingerprint density at radius 1 is 1.00 bits per heavy atom. The molecule has 0 saturated heterocycles. The zero-order valence-corrected chi connectivity index (χ0v) is 13.7. The minimum Gasteiger partial charge on any atom is -0.485 e. The standard InChI is InChI=1S/C20H23NO3/c22-17-5-3-4-16(17)21-12-14-8-10-15(11-9-14)20-13-23-18-6-1-2-7-19(18)24-20/h1-2,6-11,16-17,20-22H,3-5,12-13H2/t16?,17?,20-/m1/s1. The molecule has 4 rings (SSSR count). The van der Waals surface area contributed by atoms with Crippen LogP contribution in [0.1, 0.15) is 36.5 Å². The van der Waals surface area contributed by atoms with Gasteiger partial charge in [0.25, 0.3) is 0 Å². The van der Waals surface area contributed by atoms with E-state index in [0.717, 1.165) is 42.9 Å². The zero-order chi connectivity index (χ0) is 16.4. The Labute approximate surface area is 142 Å². The molecule has 1 fully saturated rings. The van der Waals surface area contributed by atoms with Gasteiger partial charge >= 0.3 is 0 Å². The van der Waals surface area contributed by atoms with E-state index in [2.05, 4.69) is 29.6 Å². The lowest BCUT2D eigenvalue weighted by atomic mass is 10.1. The van der Waals surface area contributed by atoms with Gasteiger partial charge in [-0.25, -0.2) is 0 Å². The molecule has 1 heterocycles. The number of aliphatic hydroxyl groups is 1. The molecular weight excluding hydrogens is 302 g/mol. The normalized spacial score (nSPS) is 25.6. The Kier molecular flexibility index (Phi) is 4.41. The molecule has 0 bridgehead atoms. The maximum absolute atomic E-state index is 9.87. The Morgan fingerprint density at radius 3 is 2.54 bits per heavy atom. The van der Waals surface area contributed by atoms with Crippen LogP contribution in [-0.4, -0.2) is 23.9 Å². The van der Waals surface area contributed by atoms with Crippen molar-refractivity contribution in [2.24, 2.45) is 0 Å². The Bertz CT molecular complexity index is 686. The van der Waals surface area contributed by atoms with Crippen molar-refractivity contribution in [2.45, 2.75) is 44.1 Å².